The van der Waals surface area contributed by atoms with Gasteiger partial charge in [0.1, 0.15) is 6.42 Å². The van der Waals surface area contributed by atoms with Crippen molar-refractivity contribution >= 4 is 15.6 Å². The smallest absolute Gasteiger partial charge is 0.274 e. The van der Waals surface area contributed by atoms with Gasteiger partial charge in [-0.2, -0.15) is 0 Å². The predicted molar refractivity (Wildman–Crippen MR) is 53.1 cm³/mol. The van der Waals surface area contributed by atoms with E-state index in [-0.39, 0.29) is 6.61 Å². The molecule has 0 saturated heterocycles. The molecule has 16 heavy (non-hydrogen) atoms. The van der Waals surface area contributed by atoms with Crippen molar-refractivity contribution in [1.29, 1.82) is 0 Å². The molecular weight excluding hydrogens is 258 g/mol. The number of hydrogen-bond acceptors (Lipinski definition) is 7. The van der Waals surface area contributed by atoms with Gasteiger partial charge in [-0.15, -0.1) is 0 Å². The molecule has 9 heteroatoms. The summed E-state index contributed by atoms with van der Waals surface area (Å²) in [5.41, 5.74) is 0. The molecule has 0 rings (SSSR count). The summed E-state index contributed by atoms with van der Waals surface area (Å²) in [5.74, 6) is 1.04. The molecule has 0 aromatic carbocycles. The van der Waals surface area contributed by atoms with Gasteiger partial charge in [-0.1, -0.05) is 0 Å². The largest absolute Gasteiger partial charge is 0.756 e. The Kier molecular flexibility index (Phi) is 6.82. The highest BCUT2D eigenvalue weighted by Crippen LogP contribution is 2.55. The van der Waals surface area contributed by atoms with Gasteiger partial charge in [-0.25, -0.2) is 4.31 Å². The number of phosphoric acid groups is 2. The molecular formula is C7H15O7P2-. The molecule has 2 unspecified atom stereocenters. The number of hydrogen-bond donors (Lipinski definition) is 0. The fourth-order valence-corrected chi connectivity index (χ4v) is 2.44. The van der Waals surface area contributed by atoms with Crippen LogP contribution in [-0.4, -0.2) is 13.7 Å². The Labute approximate surface area is 95.0 Å². The highest BCUT2D eigenvalue weighted by molar-refractivity contribution is 7.59. The van der Waals surface area contributed by atoms with Gasteiger partial charge in [0.2, 0.25) is 0 Å². The summed E-state index contributed by atoms with van der Waals surface area (Å²) in [6.07, 6.45) is 1.22. The van der Waals surface area contributed by atoms with E-state index in [0.29, 0.717) is 6.42 Å². The van der Waals surface area contributed by atoms with Gasteiger partial charge in [0.25, 0.3) is 15.6 Å². The lowest BCUT2D eigenvalue weighted by molar-refractivity contribution is -0.242. The molecule has 0 amide bonds. The van der Waals surface area contributed by atoms with Crippen molar-refractivity contribution < 1.29 is 32.3 Å². The van der Waals surface area contributed by atoms with Gasteiger partial charge in [-0.3, -0.25) is 9.13 Å². The summed E-state index contributed by atoms with van der Waals surface area (Å²) in [6, 6.07) is 0. The number of rotatable bonds is 8. The molecule has 0 saturated carbocycles. The van der Waals surface area contributed by atoms with E-state index in [0.717, 1.165) is 19.4 Å². The number of phosphoric ester groups is 2. The minimum atomic E-state index is -4.86. The van der Waals surface area contributed by atoms with Crippen molar-refractivity contribution in [2.45, 2.75) is 26.7 Å². The fourth-order valence-electron chi connectivity index (χ4n) is 0.688. The van der Waals surface area contributed by atoms with Gasteiger partial charge in [-0.05, 0) is 6.92 Å². The monoisotopic (exact) mass is 273 g/mol. The topological polar surface area (TPSA) is 108 Å². The Balaban J connectivity index is 4.06. The van der Waals surface area contributed by atoms with Crippen LogP contribution in [0.1, 0.15) is 26.7 Å². The maximum absolute atomic E-state index is 11.0. The Morgan fingerprint density at radius 2 is 1.81 bits per heavy atom. The lowest BCUT2D eigenvalue weighted by Crippen LogP contribution is -2.13. The molecule has 2 atom stereocenters. The molecule has 0 fully saturated rings. The van der Waals surface area contributed by atoms with Crippen molar-refractivity contribution in [2.75, 3.05) is 13.7 Å². The van der Waals surface area contributed by atoms with Gasteiger partial charge in [0, 0.05) is 7.11 Å². The first-order chi connectivity index (χ1) is 7.22. The summed E-state index contributed by atoms with van der Waals surface area (Å²) in [5, 5.41) is 0. The first-order valence-corrected chi connectivity index (χ1v) is 7.49. The van der Waals surface area contributed by atoms with E-state index in [1.54, 1.807) is 0 Å². The summed E-state index contributed by atoms with van der Waals surface area (Å²) in [6.45, 7) is 3.61. The van der Waals surface area contributed by atoms with Gasteiger partial charge in [0.15, 0.2) is 0 Å². The van der Waals surface area contributed by atoms with E-state index in [1.807, 2.05) is 13.8 Å². The summed E-state index contributed by atoms with van der Waals surface area (Å²) in [7, 11) is -8.89. The van der Waals surface area contributed by atoms with Crippen LogP contribution in [0.3, 0.4) is 0 Å². The normalized spacial score (nSPS) is 18.8. The fraction of sp³-hybridized carbons (Fsp3) is 0.857. The molecule has 0 heterocycles. The Bertz CT molecular complexity index is 292. The molecule has 0 radical (unpaired) electrons. The average Bonchev–Trinajstić information content (AvgIpc) is 2.15. The molecule has 0 aliphatic rings. The van der Waals surface area contributed by atoms with E-state index in [1.165, 1.54) is 0 Å². The van der Waals surface area contributed by atoms with Crippen LogP contribution in [-0.2, 0) is 22.5 Å². The third-order valence-corrected chi connectivity index (χ3v) is 4.35. The van der Waals surface area contributed by atoms with Crippen LogP contribution >= 0.6 is 15.6 Å². The Morgan fingerprint density at radius 3 is 2.25 bits per heavy atom. The molecule has 7 nitrogen and oxygen atoms in total. The molecule has 0 aliphatic carbocycles. The lowest BCUT2D eigenvalue weighted by atomic mass is 10.1. The van der Waals surface area contributed by atoms with Crippen LogP contribution < -0.4 is 9.79 Å². The van der Waals surface area contributed by atoms with Crippen LogP contribution in [0.15, 0.2) is 0 Å². The van der Waals surface area contributed by atoms with Crippen LogP contribution in [0.5, 0.6) is 0 Å². The van der Waals surface area contributed by atoms with Crippen LogP contribution in [0.2, 0.25) is 0 Å². The van der Waals surface area contributed by atoms with E-state index in [2.05, 4.69) is 13.4 Å². The highest BCUT2D eigenvalue weighted by atomic mass is 31.3. The highest BCUT2D eigenvalue weighted by Gasteiger charge is 2.20. The van der Waals surface area contributed by atoms with E-state index >= 15 is 0 Å². The van der Waals surface area contributed by atoms with Crippen molar-refractivity contribution in [3.8, 4) is 0 Å². The van der Waals surface area contributed by atoms with Crippen LogP contribution in [0.25, 0.3) is 0 Å². The van der Waals surface area contributed by atoms with E-state index < -0.39 is 15.6 Å². The van der Waals surface area contributed by atoms with Gasteiger partial charge < -0.3 is 18.8 Å². The SMILES string of the molecule is CC[C+](C)CCOP(=O)([O-])OP(=O)([O-])OC. The van der Waals surface area contributed by atoms with E-state index in [4.69, 9.17) is 0 Å². The second-order valence-corrected chi connectivity index (χ2v) is 6.12. The molecule has 0 bridgehead atoms. The third-order valence-electron chi connectivity index (χ3n) is 1.81. The maximum Gasteiger partial charge on any atom is 0.274 e. The van der Waals surface area contributed by atoms with Crippen molar-refractivity contribution in [1.82, 2.24) is 0 Å². The van der Waals surface area contributed by atoms with Crippen molar-refractivity contribution in [3.05, 3.63) is 5.92 Å². The average molecular weight is 273 g/mol. The van der Waals surface area contributed by atoms with Gasteiger partial charge in [0.05, 0.1) is 25.9 Å². The summed E-state index contributed by atoms with van der Waals surface area (Å²) in [4.78, 5) is 21.7. The van der Waals surface area contributed by atoms with E-state index in [9.17, 15) is 18.9 Å². The third kappa shape index (κ3) is 7.41. The molecule has 96 valence electrons. The molecule has 0 aliphatic heterocycles. The second kappa shape index (κ2) is 6.77. The lowest BCUT2D eigenvalue weighted by Gasteiger charge is -2.29. The quantitative estimate of drug-likeness (QED) is 0.479. The molecule has 0 aromatic rings. The van der Waals surface area contributed by atoms with Crippen molar-refractivity contribution in [3.63, 3.8) is 0 Å². The first-order valence-electron chi connectivity index (χ1n) is 4.57. The predicted octanol–water partition coefficient (Wildman–Crippen LogP) is 0.997. The zero-order chi connectivity index (χ0) is 12.8. The minimum Gasteiger partial charge on any atom is -0.756 e. The van der Waals surface area contributed by atoms with Crippen LogP contribution in [0.4, 0.5) is 0 Å². The zero-order valence-electron chi connectivity index (χ0n) is 9.37. The zero-order valence-corrected chi connectivity index (χ0v) is 11.2. The molecule has 0 spiro atoms. The standard InChI is InChI=1S/C7H16O7P2/c1-4-7(2)5-6-13-16(10,11)14-15(8,9)12-3/h4-6H2,1-3H3,(H-,8,9,10,11)/p-1. The summed E-state index contributed by atoms with van der Waals surface area (Å²) >= 11 is 0. The Hall–Kier alpha value is 0.130. The Morgan fingerprint density at radius 1 is 1.25 bits per heavy atom. The first kappa shape index (κ1) is 16.1. The van der Waals surface area contributed by atoms with Gasteiger partial charge >= 0.3 is 0 Å². The van der Waals surface area contributed by atoms with Crippen molar-refractivity contribution in [2.24, 2.45) is 0 Å². The molecule has 0 N–H and O–H groups in total. The molecule has 0 aromatic heterocycles. The van der Waals surface area contributed by atoms with Crippen LogP contribution in [0, 0.1) is 5.92 Å². The summed E-state index contributed by atoms with van der Waals surface area (Å²) < 4.78 is 33.6. The second-order valence-electron chi connectivity index (χ2n) is 3.05. The maximum atomic E-state index is 11.0. The minimum absolute atomic E-state index is 0.149.